The molecule has 0 bridgehead atoms. The van der Waals surface area contributed by atoms with E-state index in [2.05, 4.69) is 0 Å². The van der Waals surface area contributed by atoms with E-state index in [9.17, 15) is 9.59 Å². The molecule has 0 radical (unpaired) electrons. The van der Waals surface area contributed by atoms with Gasteiger partial charge in [0.2, 0.25) is 5.43 Å². The number of carboxylic acid groups (broad SMARTS) is 1. The maximum absolute atomic E-state index is 12.2. The third-order valence-electron chi connectivity index (χ3n) is 3.15. The number of pyridine rings is 1. The van der Waals surface area contributed by atoms with Gasteiger partial charge in [-0.25, -0.2) is 4.79 Å². The van der Waals surface area contributed by atoms with Crippen molar-refractivity contribution in [2.24, 2.45) is 7.05 Å². The number of aromatic carboxylic acids is 1. The van der Waals surface area contributed by atoms with Gasteiger partial charge in [0.05, 0.1) is 10.2 Å². The molecular formula is C15H11NO3S. The molecular weight excluding hydrogens is 274 g/mol. The van der Waals surface area contributed by atoms with E-state index in [4.69, 9.17) is 5.11 Å². The number of aromatic nitrogens is 1. The van der Waals surface area contributed by atoms with Crippen LogP contribution in [0.25, 0.3) is 20.7 Å². The summed E-state index contributed by atoms with van der Waals surface area (Å²) in [4.78, 5) is 24.2. The summed E-state index contributed by atoms with van der Waals surface area (Å²) in [5.74, 6) is -1.19. The van der Waals surface area contributed by atoms with E-state index in [-0.39, 0.29) is 5.56 Å². The van der Waals surface area contributed by atoms with Gasteiger partial charge in [0.25, 0.3) is 0 Å². The fraction of sp³-hybridized carbons (Fsp3) is 0.0667. The van der Waals surface area contributed by atoms with E-state index in [0.717, 1.165) is 16.0 Å². The highest BCUT2D eigenvalue weighted by atomic mass is 32.1. The first kappa shape index (κ1) is 12.6. The molecule has 2 aromatic heterocycles. The molecule has 0 amide bonds. The van der Waals surface area contributed by atoms with Crippen molar-refractivity contribution in [2.45, 2.75) is 0 Å². The second-order valence-electron chi connectivity index (χ2n) is 4.48. The Morgan fingerprint density at radius 1 is 1.25 bits per heavy atom. The Bertz CT molecular complexity index is 862. The maximum atomic E-state index is 12.2. The Labute approximate surface area is 118 Å². The molecule has 1 aromatic carbocycles. The van der Waals surface area contributed by atoms with Gasteiger partial charge in [-0.3, -0.25) is 4.79 Å². The van der Waals surface area contributed by atoms with Gasteiger partial charge in [0, 0.05) is 18.1 Å². The molecule has 0 aliphatic carbocycles. The van der Waals surface area contributed by atoms with Gasteiger partial charge < -0.3 is 9.67 Å². The van der Waals surface area contributed by atoms with Crippen molar-refractivity contribution in [1.82, 2.24) is 4.57 Å². The first-order valence-corrected chi connectivity index (χ1v) is 6.81. The zero-order valence-electron chi connectivity index (χ0n) is 10.7. The van der Waals surface area contributed by atoms with Crippen LogP contribution in [0.1, 0.15) is 10.4 Å². The largest absolute Gasteiger partial charge is 0.477 e. The van der Waals surface area contributed by atoms with Crippen LogP contribution in [-0.4, -0.2) is 15.6 Å². The van der Waals surface area contributed by atoms with Crippen LogP contribution in [0.15, 0.2) is 47.4 Å². The lowest BCUT2D eigenvalue weighted by Gasteiger charge is -2.01. The molecule has 4 nitrogen and oxygen atoms in total. The minimum atomic E-state index is -1.19. The second-order valence-corrected chi connectivity index (χ2v) is 5.53. The number of carboxylic acids is 1. The molecule has 0 aliphatic rings. The molecule has 0 aliphatic heterocycles. The van der Waals surface area contributed by atoms with E-state index >= 15 is 0 Å². The van der Waals surface area contributed by atoms with Crippen LogP contribution >= 0.6 is 11.3 Å². The third-order valence-corrected chi connectivity index (χ3v) is 4.33. The molecule has 100 valence electrons. The number of thiophene rings is 1. The normalized spacial score (nSPS) is 10.8. The highest BCUT2D eigenvalue weighted by Gasteiger charge is 2.16. The molecule has 3 rings (SSSR count). The van der Waals surface area contributed by atoms with Gasteiger partial charge in [-0.05, 0) is 11.6 Å². The van der Waals surface area contributed by atoms with Crippen LogP contribution in [0, 0.1) is 0 Å². The standard InChI is InChI=1S/C15H11NO3S/c1-16-8-10(15(18)19)13(17)14-11(16)7-12(20-14)9-5-3-2-4-6-9/h2-8H,1H3,(H,18,19). The Morgan fingerprint density at radius 3 is 2.60 bits per heavy atom. The van der Waals surface area contributed by atoms with Crippen molar-refractivity contribution in [1.29, 1.82) is 0 Å². The van der Waals surface area contributed by atoms with Crippen molar-refractivity contribution in [2.75, 3.05) is 0 Å². The van der Waals surface area contributed by atoms with E-state index in [0.29, 0.717) is 4.70 Å². The smallest absolute Gasteiger partial charge is 0.341 e. The van der Waals surface area contributed by atoms with Crippen LogP contribution in [0.4, 0.5) is 0 Å². The fourth-order valence-electron chi connectivity index (χ4n) is 2.15. The maximum Gasteiger partial charge on any atom is 0.341 e. The summed E-state index contributed by atoms with van der Waals surface area (Å²) in [5.41, 5.74) is 1.16. The molecule has 0 saturated carbocycles. The average Bonchev–Trinajstić information content (AvgIpc) is 2.89. The number of hydrogen-bond acceptors (Lipinski definition) is 3. The van der Waals surface area contributed by atoms with E-state index in [1.165, 1.54) is 17.5 Å². The SMILES string of the molecule is Cn1cc(C(=O)O)c(=O)c2sc(-c3ccccc3)cc21. The quantitative estimate of drug-likeness (QED) is 0.787. The molecule has 2 heterocycles. The zero-order valence-corrected chi connectivity index (χ0v) is 11.5. The number of benzene rings is 1. The van der Waals surface area contributed by atoms with Crippen LogP contribution < -0.4 is 5.43 Å². The van der Waals surface area contributed by atoms with Crippen molar-refractivity contribution < 1.29 is 9.90 Å². The number of aryl methyl sites for hydroxylation is 1. The summed E-state index contributed by atoms with van der Waals surface area (Å²) < 4.78 is 2.16. The van der Waals surface area contributed by atoms with Crippen LogP contribution in [-0.2, 0) is 7.05 Å². The zero-order chi connectivity index (χ0) is 14.3. The molecule has 0 atom stereocenters. The van der Waals surface area contributed by atoms with Crippen molar-refractivity contribution in [3.63, 3.8) is 0 Å². The predicted octanol–water partition coefficient (Wildman–Crippen LogP) is 2.97. The topological polar surface area (TPSA) is 59.3 Å². The number of hydrogen-bond donors (Lipinski definition) is 1. The van der Waals surface area contributed by atoms with E-state index in [1.54, 1.807) is 11.6 Å². The van der Waals surface area contributed by atoms with Gasteiger partial charge in [-0.15, -0.1) is 11.3 Å². The number of carbonyl (C=O) groups is 1. The highest BCUT2D eigenvalue weighted by Crippen LogP contribution is 2.31. The fourth-order valence-corrected chi connectivity index (χ4v) is 3.30. The van der Waals surface area contributed by atoms with Gasteiger partial charge >= 0.3 is 5.97 Å². The summed E-state index contributed by atoms with van der Waals surface area (Å²) >= 11 is 1.33. The van der Waals surface area contributed by atoms with Crippen molar-refractivity contribution in [3.05, 3.63) is 58.4 Å². The first-order valence-electron chi connectivity index (χ1n) is 6.00. The monoisotopic (exact) mass is 285 g/mol. The van der Waals surface area contributed by atoms with Crippen LogP contribution in [0.3, 0.4) is 0 Å². The average molecular weight is 285 g/mol. The lowest BCUT2D eigenvalue weighted by atomic mass is 10.2. The van der Waals surface area contributed by atoms with E-state index in [1.807, 2.05) is 36.4 Å². The minimum Gasteiger partial charge on any atom is -0.477 e. The lowest BCUT2D eigenvalue weighted by molar-refractivity contribution is 0.0695. The van der Waals surface area contributed by atoms with Gasteiger partial charge in [-0.1, -0.05) is 30.3 Å². The highest BCUT2D eigenvalue weighted by molar-refractivity contribution is 7.22. The summed E-state index contributed by atoms with van der Waals surface area (Å²) in [5, 5.41) is 9.06. The van der Waals surface area contributed by atoms with E-state index < -0.39 is 11.4 Å². The Morgan fingerprint density at radius 2 is 1.95 bits per heavy atom. The first-order chi connectivity index (χ1) is 9.58. The van der Waals surface area contributed by atoms with Gasteiger partial charge in [0.1, 0.15) is 5.56 Å². The molecule has 0 saturated heterocycles. The predicted molar refractivity (Wildman–Crippen MR) is 79.5 cm³/mol. The van der Waals surface area contributed by atoms with Crippen molar-refractivity contribution >= 4 is 27.5 Å². The number of nitrogens with zero attached hydrogens (tertiary/aromatic N) is 1. The summed E-state index contributed by atoms with van der Waals surface area (Å²) in [6, 6.07) is 11.6. The molecule has 3 aromatic rings. The van der Waals surface area contributed by atoms with Crippen LogP contribution in [0.2, 0.25) is 0 Å². The summed E-state index contributed by atoms with van der Waals surface area (Å²) in [6.07, 6.45) is 1.37. The lowest BCUT2D eigenvalue weighted by Crippen LogP contribution is -2.16. The van der Waals surface area contributed by atoms with Crippen LogP contribution in [0.5, 0.6) is 0 Å². The molecule has 0 spiro atoms. The summed E-state index contributed by atoms with van der Waals surface area (Å²) in [7, 11) is 1.75. The van der Waals surface area contributed by atoms with Crippen molar-refractivity contribution in [3.8, 4) is 10.4 Å². The molecule has 20 heavy (non-hydrogen) atoms. The van der Waals surface area contributed by atoms with Gasteiger partial charge in [0.15, 0.2) is 0 Å². The second kappa shape index (κ2) is 4.61. The Hall–Kier alpha value is -2.40. The van der Waals surface area contributed by atoms with Gasteiger partial charge in [-0.2, -0.15) is 0 Å². The summed E-state index contributed by atoms with van der Waals surface area (Å²) in [6.45, 7) is 0. The Kier molecular flexibility index (Phi) is 2.91. The molecule has 0 unspecified atom stereocenters. The molecule has 1 N–H and O–H groups in total. The molecule has 5 heteroatoms. The number of rotatable bonds is 2. The minimum absolute atomic E-state index is 0.193. The molecule has 0 fully saturated rings. The third kappa shape index (κ3) is 1.92. The Balaban J connectivity index is 2.32. The number of fused-ring (bicyclic) bond motifs is 1.